The first-order valence-corrected chi connectivity index (χ1v) is 6.55. The molecule has 0 aromatic heterocycles. The zero-order valence-electron chi connectivity index (χ0n) is 10.6. The van der Waals surface area contributed by atoms with Crippen molar-refractivity contribution < 1.29 is 18.6 Å². The summed E-state index contributed by atoms with van der Waals surface area (Å²) in [6, 6.07) is 6.57. The van der Waals surface area contributed by atoms with Gasteiger partial charge in [-0.25, -0.2) is 8.78 Å². The SMILES string of the molecule is COc1cc(Br)cc(CNc2ccc(F)cc2F)c1O. The molecule has 2 aromatic rings. The molecule has 0 aliphatic carbocycles. The Bertz CT molecular complexity index is 635. The normalized spacial score (nSPS) is 10.4. The monoisotopic (exact) mass is 343 g/mol. The number of rotatable bonds is 4. The van der Waals surface area contributed by atoms with Crippen LogP contribution in [0, 0.1) is 11.6 Å². The number of nitrogens with one attached hydrogen (secondary N) is 1. The maximum Gasteiger partial charge on any atom is 0.162 e. The molecule has 2 aromatic carbocycles. The molecular formula is C14H12BrF2NO2. The summed E-state index contributed by atoms with van der Waals surface area (Å²) >= 11 is 3.30. The van der Waals surface area contributed by atoms with Crippen LogP contribution in [0.1, 0.15) is 5.56 Å². The van der Waals surface area contributed by atoms with Gasteiger partial charge in [0.05, 0.1) is 12.8 Å². The van der Waals surface area contributed by atoms with Crippen LogP contribution in [0.15, 0.2) is 34.8 Å². The first-order valence-electron chi connectivity index (χ1n) is 5.75. The number of methoxy groups -OCH3 is 1. The average molecular weight is 344 g/mol. The molecule has 0 amide bonds. The van der Waals surface area contributed by atoms with Crippen LogP contribution in [0.25, 0.3) is 0 Å². The van der Waals surface area contributed by atoms with Crippen LogP contribution < -0.4 is 10.1 Å². The lowest BCUT2D eigenvalue weighted by molar-refractivity contribution is 0.370. The molecule has 0 spiro atoms. The molecule has 0 aliphatic heterocycles. The Labute approximate surface area is 123 Å². The first kappa shape index (κ1) is 14.6. The van der Waals surface area contributed by atoms with Crippen LogP contribution in [0.5, 0.6) is 11.5 Å². The second-order valence-electron chi connectivity index (χ2n) is 4.09. The van der Waals surface area contributed by atoms with Crippen molar-refractivity contribution in [2.75, 3.05) is 12.4 Å². The summed E-state index contributed by atoms with van der Waals surface area (Å²) in [5, 5.41) is 12.8. The van der Waals surface area contributed by atoms with E-state index in [9.17, 15) is 13.9 Å². The van der Waals surface area contributed by atoms with Gasteiger partial charge < -0.3 is 15.2 Å². The number of hydrogen-bond acceptors (Lipinski definition) is 3. The average Bonchev–Trinajstić information content (AvgIpc) is 2.41. The van der Waals surface area contributed by atoms with E-state index in [2.05, 4.69) is 21.2 Å². The molecular weight excluding hydrogens is 332 g/mol. The van der Waals surface area contributed by atoms with Gasteiger partial charge >= 0.3 is 0 Å². The number of halogens is 3. The highest BCUT2D eigenvalue weighted by atomic mass is 79.9. The number of benzene rings is 2. The van der Waals surface area contributed by atoms with E-state index in [0.717, 1.165) is 16.6 Å². The molecule has 106 valence electrons. The molecule has 0 radical (unpaired) electrons. The molecule has 0 saturated carbocycles. The number of ether oxygens (including phenoxy) is 1. The van der Waals surface area contributed by atoms with E-state index in [1.54, 1.807) is 12.1 Å². The largest absolute Gasteiger partial charge is 0.504 e. The van der Waals surface area contributed by atoms with E-state index in [1.165, 1.54) is 13.2 Å². The fraction of sp³-hybridized carbons (Fsp3) is 0.143. The van der Waals surface area contributed by atoms with Gasteiger partial charge in [-0.3, -0.25) is 0 Å². The molecule has 0 aliphatic rings. The van der Waals surface area contributed by atoms with Gasteiger partial charge in [-0.1, -0.05) is 15.9 Å². The van der Waals surface area contributed by atoms with Crippen LogP contribution >= 0.6 is 15.9 Å². The van der Waals surface area contributed by atoms with E-state index >= 15 is 0 Å². The van der Waals surface area contributed by atoms with Crippen molar-refractivity contribution in [3.05, 3.63) is 52.0 Å². The van der Waals surface area contributed by atoms with Gasteiger partial charge in [-0.05, 0) is 24.3 Å². The third-order valence-electron chi connectivity index (χ3n) is 2.74. The van der Waals surface area contributed by atoms with E-state index in [0.29, 0.717) is 11.3 Å². The van der Waals surface area contributed by atoms with Crippen molar-refractivity contribution in [2.45, 2.75) is 6.54 Å². The first-order chi connectivity index (χ1) is 9.51. The number of anilines is 1. The lowest BCUT2D eigenvalue weighted by atomic mass is 10.1. The van der Waals surface area contributed by atoms with Gasteiger partial charge in [0.15, 0.2) is 11.5 Å². The minimum absolute atomic E-state index is 0.0225. The maximum absolute atomic E-state index is 13.5. The van der Waals surface area contributed by atoms with Gasteiger partial charge in [0.1, 0.15) is 11.6 Å². The summed E-state index contributed by atoms with van der Waals surface area (Å²) < 4.78 is 32.0. The van der Waals surface area contributed by atoms with E-state index in [1.807, 2.05) is 0 Å². The highest BCUT2D eigenvalue weighted by Gasteiger charge is 2.11. The number of phenolic OH excluding ortho intramolecular Hbond substituents is 1. The van der Waals surface area contributed by atoms with Gasteiger partial charge in [0.2, 0.25) is 0 Å². The Hall–Kier alpha value is -1.82. The van der Waals surface area contributed by atoms with E-state index in [4.69, 9.17) is 4.74 Å². The highest BCUT2D eigenvalue weighted by Crippen LogP contribution is 2.34. The van der Waals surface area contributed by atoms with Crippen molar-refractivity contribution in [3.63, 3.8) is 0 Å². The fourth-order valence-electron chi connectivity index (χ4n) is 1.74. The van der Waals surface area contributed by atoms with Gasteiger partial charge in [0.25, 0.3) is 0 Å². The second-order valence-corrected chi connectivity index (χ2v) is 5.01. The molecule has 0 unspecified atom stereocenters. The Balaban J connectivity index is 2.20. The molecule has 0 heterocycles. The third kappa shape index (κ3) is 3.19. The zero-order valence-corrected chi connectivity index (χ0v) is 12.2. The van der Waals surface area contributed by atoms with Gasteiger partial charge in [0, 0.05) is 22.6 Å². The standard InChI is InChI=1S/C14H12BrF2NO2/c1-20-13-5-9(15)4-8(14(13)19)7-18-12-3-2-10(16)6-11(12)17/h2-6,18-19H,7H2,1H3. The maximum atomic E-state index is 13.5. The molecule has 0 atom stereocenters. The van der Waals surface area contributed by atoms with Crippen LogP contribution in [-0.4, -0.2) is 12.2 Å². The molecule has 0 saturated heterocycles. The van der Waals surface area contributed by atoms with Crippen molar-refractivity contribution >= 4 is 21.6 Å². The lowest BCUT2D eigenvalue weighted by Gasteiger charge is -2.12. The molecule has 0 bridgehead atoms. The topological polar surface area (TPSA) is 41.5 Å². The molecule has 2 rings (SSSR count). The van der Waals surface area contributed by atoms with Crippen molar-refractivity contribution in [1.82, 2.24) is 0 Å². The predicted molar refractivity (Wildman–Crippen MR) is 76.0 cm³/mol. The van der Waals surface area contributed by atoms with Crippen LogP contribution in [0.2, 0.25) is 0 Å². The second kappa shape index (κ2) is 6.09. The molecule has 0 fully saturated rings. The summed E-state index contributed by atoms with van der Waals surface area (Å²) in [5.74, 6) is -1.03. The minimum Gasteiger partial charge on any atom is -0.504 e. The van der Waals surface area contributed by atoms with E-state index < -0.39 is 11.6 Å². The van der Waals surface area contributed by atoms with Gasteiger partial charge in [-0.15, -0.1) is 0 Å². The Morgan fingerprint density at radius 1 is 1.25 bits per heavy atom. The molecule has 3 nitrogen and oxygen atoms in total. The third-order valence-corrected chi connectivity index (χ3v) is 3.20. The summed E-state index contributed by atoms with van der Waals surface area (Å²) in [6.45, 7) is 0.171. The molecule has 6 heteroatoms. The number of phenols is 1. The smallest absolute Gasteiger partial charge is 0.162 e. The van der Waals surface area contributed by atoms with Gasteiger partial charge in [-0.2, -0.15) is 0 Å². The van der Waals surface area contributed by atoms with Crippen molar-refractivity contribution in [1.29, 1.82) is 0 Å². The Kier molecular flexibility index (Phi) is 4.44. The van der Waals surface area contributed by atoms with Crippen LogP contribution in [-0.2, 0) is 6.54 Å². The summed E-state index contributed by atoms with van der Waals surface area (Å²) in [6.07, 6.45) is 0. The Morgan fingerprint density at radius 3 is 2.65 bits per heavy atom. The number of aromatic hydroxyl groups is 1. The molecule has 20 heavy (non-hydrogen) atoms. The van der Waals surface area contributed by atoms with Crippen molar-refractivity contribution in [3.8, 4) is 11.5 Å². The number of hydrogen-bond donors (Lipinski definition) is 2. The summed E-state index contributed by atoms with van der Waals surface area (Å²) in [7, 11) is 1.44. The quantitative estimate of drug-likeness (QED) is 0.879. The van der Waals surface area contributed by atoms with Crippen LogP contribution in [0.3, 0.4) is 0 Å². The minimum atomic E-state index is -0.688. The van der Waals surface area contributed by atoms with Crippen molar-refractivity contribution in [2.24, 2.45) is 0 Å². The summed E-state index contributed by atoms with van der Waals surface area (Å²) in [5.41, 5.74) is 0.685. The zero-order chi connectivity index (χ0) is 14.7. The lowest BCUT2D eigenvalue weighted by Crippen LogP contribution is -2.02. The fourth-order valence-corrected chi connectivity index (χ4v) is 2.23. The molecule has 2 N–H and O–H groups in total. The Morgan fingerprint density at radius 2 is 2.00 bits per heavy atom. The predicted octanol–water partition coefficient (Wildman–Crippen LogP) is 4.05. The summed E-state index contributed by atoms with van der Waals surface area (Å²) in [4.78, 5) is 0. The highest BCUT2D eigenvalue weighted by molar-refractivity contribution is 9.10. The van der Waals surface area contributed by atoms with E-state index in [-0.39, 0.29) is 18.0 Å². The van der Waals surface area contributed by atoms with Crippen LogP contribution in [0.4, 0.5) is 14.5 Å².